The van der Waals surface area contributed by atoms with Gasteiger partial charge < -0.3 is 10.5 Å². The molecule has 1 aromatic carbocycles. The molecule has 0 aromatic heterocycles. The Morgan fingerprint density at radius 1 is 1.29 bits per heavy atom. The zero-order chi connectivity index (χ0) is 12.1. The van der Waals surface area contributed by atoms with Crippen LogP contribution in [0.5, 0.6) is 5.75 Å². The van der Waals surface area contributed by atoms with Gasteiger partial charge in [-0.3, -0.25) is 0 Å². The third-order valence-electron chi connectivity index (χ3n) is 3.59. The first kappa shape index (κ1) is 12.4. The van der Waals surface area contributed by atoms with Gasteiger partial charge in [-0.25, -0.2) is 0 Å². The lowest BCUT2D eigenvalue weighted by atomic mass is 9.80. The highest BCUT2D eigenvalue weighted by Crippen LogP contribution is 2.34. The molecule has 0 heterocycles. The third kappa shape index (κ3) is 3.47. The molecule has 0 saturated heterocycles. The Bertz CT molecular complexity index is 329. The number of rotatable bonds is 6. The fourth-order valence-corrected chi connectivity index (χ4v) is 2.25. The minimum Gasteiger partial charge on any atom is -0.494 e. The Morgan fingerprint density at radius 2 is 2.00 bits per heavy atom. The van der Waals surface area contributed by atoms with E-state index in [0.717, 1.165) is 31.1 Å². The van der Waals surface area contributed by atoms with E-state index in [0.29, 0.717) is 0 Å². The maximum absolute atomic E-state index is 6.21. The molecular weight excluding hydrogens is 210 g/mol. The summed E-state index contributed by atoms with van der Waals surface area (Å²) in [6.45, 7) is 2.90. The van der Waals surface area contributed by atoms with Gasteiger partial charge in [0.1, 0.15) is 5.75 Å². The van der Waals surface area contributed by atoms with Crippen molar-refractivity contribution in [3.8, 4) is 5.75 Å². The predicted octanol–water partition coefficient (Wildman–Crippen LogP) is 3.67. The smallest absolute Gasteiger partial charge is 0.119 e. The lowest BCUT2D eigenvalue weighted by molar-refractivity contribution is 0.277. The van der Waals surface area contributed by atoms with Crippen molar-refractivity contribution in [2.24, 2.45) is 11.7 Å². The van der Waals surface area contributed by atoms with Crippen LogP contribution in [-0.4, -0.2) is 6.61 Å². The Labute approximate surface area is 104 Å². The average molecular weight is 233 g/mol. The SMILES string of the molecule is CCCOc1ccc(C(N)CC2CCC2)cc1. The Kier molecular flexibility index (Phi) is 4.43. The van der Waals surface area contributed by atoms with Crippen molar-refractivity contribution in [1.29, 1.82) is 0 Å². The van der Waals surface area contributed by atoms with Crippen LogP contribution in [0.25, 0.3) is 0 Å². The summed E-state index contributed by atoms with van der Waals surface area (Å²) in [5.74, 6) is 1.81. The highest BCUT2D eigenvalue weighted by atomic mass is 16.5. The van der Waals surface area contributed by atoms with E-state index in [-0.39, 0.29) is 6.04 Å². The largest absolute Gasteiger partial charge is 0.494 e. The van der Waals surface area contributed by atoms with E-state index in [4.69, 9.17) is 10.5 Å². The third-order valence-corrected chi connectivity index (χ3v) is 3.59. The number of benzene rings is 1. The summed E-state index contributed by atoms with van der Waals surface area (Å²) in [6, 6.07) is 8.47. The van der Waals surface area contributed by atoms with Gasteiger partial charge in [-0.1, -0.05) is 38.3 Å². The van der Waals surface area contributed by atoms with Crippen molar-refractivity contribution in [1.82, 2.24) is 0 Å². The van der Waals surface area contributed by atoms with Crippen molar-refractivity contribution in [2.45, 2.75) is 45.1 Å². The van der Waals surface area contributed by atoms with Crippen molar-refractivity contribution in [2.75, 3.05) is 6.61 Å². The van der Waals surface area contributed by atoms with Gasteiger partial charge in [-0.2, -0.15) is 0 Å². The predicted molar refractivity (Wildman–Crippen MR) is 71.1 cm³/mol. The van der Waals surface area contributed by atoms with Crippen LogP contribution in [0, 0.1) is 5.92 Å². The van der Waals surface area contributed by atoms with E-state index in [9.17, 15) is 0 Å². The molecule has 0 bridgehead atoms. The molecular formula is C15H23NO. The number of hydrogen-bond donors (Lipinski definition) is 1. The van der Waals surface area contributed by atoms with Crippen molar-refractivity contribution in [3.63, 3.8) is 0 Å². The first-order valence-corrected chi connectivity index (χ1v) is 6.78. The molecule has 0 radical (unpaired) electrons. The highest BCUT2D eigenvalue weighted by molar-refractivity contribution is 5.29. The molecule has 2 rings (SSSR count). The molecule has 0 spiro atoms. The molecule has 0 aliphatic heterocycles. The first-order chi connectivity index (χ1) is 8.29. The summed E-state index contributed by atoms with van der Waals surface area (Å²) < 4.78 is 5.56. The van der Waals surface area contributed by atoms with Crippen LogP contribution in [-0.2, 0) is 0 Å². The molecule has 17 heavy (non-hydrogen) atoms. The van der Waals surface area contributed by atoms with Crippen molar-refractivity contribution >= 4 is 0 Å². The van der Waals surface area contributed by atoms with Gasteiger partial charge in [0, 0.05) is 6.04 Å². The van der Waals surface area contributed by atoms with Gasteiger partial charge in [0.2, 0.25) is 0 Å². The van der Waals surface area contributed by atoms with E-state index in [1.807, 2.05) is 12.1 Å². The summed E-state index contributed by atoms with van der Waals surface area (Å²) in [4.78, 5) is 0. The lowest BCUT2D eigenvalue weighted by Gasteiger charge is -2.28. The van der Waals surface area contributed by atoms with E-state index >= 15 is 0 Å². The molecule has 1 unspecified atom stereocenters. The second-order valence-corrected chi connectivity index (χ2v) is 5.06. The summed E-state index contributed by atoms with van der Waals surface area (Å²) in [6.07, 6.45) is 6.30. The number of hydrogen-bond acceptors (Lipinski definition) is 2. The summed E-state index contributed by atoms with van der Waals surface area (Å²) in [5.41, 5.74) is 7.45. The molecule has 2 heteroatoms. The minimum atomic E-state index is 0.195. The van der Waals surface area contributed by atoms with Gasteiger partial charge in [0.15, 0.2) is 0 Å². The lowest BCUT2D eigenvalue weighted by Crippen LogP contribution is -2.20. The van der Waals surface area contributed by atoms with Gasteiger partial charge >= 0.3 is 0 Å². The Hall–Kier alpha value is -1.02. The Morgan fingerprint density at radius 3 is 2.53 bits per heavy atom. The van der Waals surface area contributed by atoms with Gasteiger partial charge in [-0.15, -0.1) is 0 Å². The fraction of sp³-hybridized carbons (Fsp3) is 0.600. The zero-order valence-electron chi connectivity index (χ0n) is 10.7. The molecule has 2 N–H and O–H groups in total. The second kappa shape index (κ2) is 6.06. The van der Waals surface area contributed by atoms with Crippen molar-refractivity contribution < 1.29 is 4.74 Å². The van der Waals surface area contributed by atoms with E-state index in [1.165, 1.54) is 24.8 Å². The van der Waals surface area contributed by atoms with Crippen molar-refractivity contribution in [3.05, 3.63) is 29.8 Å². The van der Waals surface area contributed by atoms with Crippen LogP contribution in [0.15, 0.2) is 24.3 Å². The van der Waals surface area contributed by atoms with Crippen LogP contribution in [0.2, 0.25) is 0 Å². The van der Waals surface area contributed by atoms with Crippen LogP contribution < -0.4 is 10.5 Å². The van der Waals surface area contributed by atoms with Gasteiger partial charge in [0.05, 0.1) is 6.61 Å². The molecule has 94 valence electrons. The average Bonchev–Trinajstić information content (AvgIpc) is 2.31. The van der Waals surface area contributed by atoms with Crippen LogP contribution in [0.3, 0.4) is 0 Å². The quantitative estimate of drug-likeness (QED) is 0.813. The topological polar surface area (TPSA) is 35.2 Å². The maximum Gasteiger partial charge on any atom is 0.119 e. The molecule has 0 amide bonds. The number of nitrogens with two attached hydrogens (primary N) is 1. The normalized spacial score (nSPS) is 17.5. The fourth-order valence-electron chi connectivity index (χ4n) is 2.25. The number of ether oxygens (including phenoxy) is 1. The highest BCUT2D eigenvalue weighted by Gasteiger charge is 2.20. The molecule has 1 atom stereocenters. The van der Waals surface area contributed by atoms with E-state index < -0.39 is 0 Å². The van der Waals surface area contributed by atoms with Crippen LogP contribution in [0.1, 0.15) is 50.6 Å². The molecule has 2 nitrogen and oxygen atoms in total. The van der Waals surface area contributed by atoms with Gasteiger partial charge in [0.25, 0.3) is 0 Å². The minimum absolute atomic E-state index is 0.195. The van der Waals surface area contributed by atoms with Crippen LogP contribution >= 0.6 is 0 Å². The van der Waals surface area contributed by atoms with E-state index in [1.54, 1.807) is 0 Å². The maximum atomic E-state index is 6.21. The molecule has 1 aliphatic carbocycles. The van der Waals surface area contributed by atoms with Crippen LogP contribution in [0.4, 0.5) is 0 Å². The first-order valence-electron chi connectivity index (χ1n) is 6.78. The molecule has 1 saturated carbocycles. The zero-order valence-corrected chi connectivity index (χ0v) is 10.7. The second-order valence-electron chi connectivity index (χ2n) is 5.06. The molecule has 1 fully saturated rings. The van der Waals surface area contributed by atoms with E-state index in [2.05, 4.69) is 19.1 Å². The standard InChI is InChI=1S/C15H23NO/c1-2-10-17-14-8-6-13(7-9-14)15(16)11-12-4-3-5-12/h6-9,12,15H,2-5,10-11,16H2,1H3. The summed E-state index contributed by atoms with van der Waals surface area (Å²) >= 11 is 0. The molecule has 1 aliphatic rings. The van der Waals surface area contributed by atoms with Gasteiger partial charge in [-0.05, 0) is 36.5 Å². The monoisotopic (exact) mass is 233 g/mol. The summed E-state index contributed by atoms with van der Waals surface area (Å²) in [5, 5.41) is 0. The summed E-state index contributed by atoms with van der Waals surface area (Å²) in [7, 11) is 0. The Balaban J connectivity index is 1.87. The molecule has 1 aromatic rings.